The molecule has 0 aliphatic heterocycles. The van der Waals surface area contributed by atoms with Crippen molar-refractivity contribution in [3.05, 3.63) is 17.5 Å². The lowest BCUT2D eigenvalue weighted by molar-refractivity contribution is 0.280. The number of aryl methyl sites for hydroxylation is 1. The van der Waals surface area contributed by atoms with Crippen LogP contribution in [0.25, 0.3) is 0 Å². The SMILES string of the molecule is Cc1cc(C#N)nc(N(CCO)CCO)n1. The third-order valence-corrected chi connectivity index (χ3v) is 1.98. The largest absolute Gasteiger partial charge is 0.395 e. The molecule has 0 spiro atoms. The van der Waals surface area contributed by atoms with Gasteiger partial charge in [0.15, 0.2) is 0 Å². The monoisotopic (exact) mass is 222 g/mol. The van der Waals surface area contributed by atoms with Gasteiger partial charge in [0.1, 0.15) is 11.8 Å². The molecule has 0 saturated carbocycles. The summed E-state index contributed by atoms with van der Waals surface area (Å²) in [5.74, 6) is 0.361. The Morgan fingerprint density at radius 2 is 1.94 bits per heavy atom. The summed E-state index contributed by atoms with van der Waals surface area (Å²) in [5.41, 5.74) is 0.964. The molecule has 0 atom stereocenters. The minimum absolute atomic E-state index is 0.0564. The molecule has 6 nitrogen and oxygen atoms in total. The summed E-state index contributed by atoms with van der Waals surface area (Å²) in [7, 11) is 0. The molecule has 0 aliphatic rings. The van der Waals surface area contributed by atoms with E-state index >= 15 is 0 Å². The molecule has 0 fully saturated rings. The first-order valence-electron chi connectivity index (χ1n) is 4.93. The Bertz CT molecular complexity index is 383. The van der Waals surface area contributed by atoms with Crippen molar-refractivity contribution in [2.45, 2.75) is 6.92 Å². The second-order valence-corrected chi connectivity index (χ2v) is 3.24. The van der Waals surface area contributed by atoms with Crippen molar-refractivity contribution in [1.29, 1.82) is 5.26 Å². The highest BCUT2D eigenvalue weighted by Gasteiger charge is 2.10. The van der Waals surface area contributed by atoms with Gasteiger partial charge in [-0.2, -0.15) is 5.26 Å². The first kappa shape index (κ1) is 12.4. The molecule has 0 unspecified atom stereocenters. The van der Waals surface area contributed by atoms with Crippen LogP contribution in [0.1, 0.15) is 11.4 Å². The van der Waals surface area contributed by atoms with Gasteiger partial charge in [-0.3, -0.25) is 0 Å². The van der Waals surface area contributed by atoms with Gasteiger partial charge in [0.25, 0.3) is 0 Å². The summed E-state index contributed by atoms with van der Waals surface area (Å²) in [6.07, 6.45) is 0. The Morgan fingerprint density at radius 1 is 1.31 bits per heavy atom. The maximum Gasteiger partial charge on any atom is 0.226 e. The third-order valence-electron chi connectivity index (χ3n) is 1.98. The average Bonchev–Trinajstić information content (AvgIpc) is 2.28. The van der Waals surface area contributed by atoms with Gasteiger partial charge in [-0.1, -0.05) is 0 Å². The summed E-state index contributed by atoms with van der Waals surface area (Å²) < 4.78 is 0. The average molecular weight is 222 g/mol. The number of aliphatic hydroxyl groups excluding tert-OH is 2. The van der Waals surface area contributed by atoms with Gasteiger partial charge in [0, 0.05) is 18.8 Å². The molecule has 0 radical (unpaired) electrons. The van der Waals surface area contributed by atoms with Crippen LogP contribution in [0.3, 0.4) is 0 Å². The van der Waals surface area contributed by atoms with Crippen LogP contribution in [0.15, 0.2) is 6.07 Å². The normalized spacial score (nSPS) is 9.88. The van der Waals surface area contributed by atoms with E-state index in [0.29, 0.717) is 24.7 Å². The van der Waals surface area contributed by atoms with Crippen molar-refractivity contribution in [3.8, 4) is 6.07 Å². The second-order valence-electron chi connectivity index (χ2n) is 3.24. The number of aromatic nitrogens is 2. The molecule has 1 rings (SSSR count). The van der Waals surface area contributed by atoms with E-state index in [2.05, 4.69) is 9.97 Å². The van der Waals surface area contributed by atoms with Crippen molar-refractivity contribution in [2.75, 3.05) is 31.2 Å². The molecule has 0 aromatic carbocycles. The van der Waals surface area contributed by atoms with E-state index < -0.39 is 0 Å². The van der Waals surface area contributed by atoms with Gasteiger partial charge in [-0.15, -0.1) is 0 Å². The van der Waals surface area contributed by atoms with Crippen molar-refractivity contribution in [3.63, 3.8) is 0 Å². The number of rotatable bonds is 5. The number of nitrogens with zero attached hydrogens (tertiary/aromatic N) is 4. The van der Waals surface area contributed by atoms with Gasteiger partial charge < -0.3 is 15.1 Å². The van der Waals surface area contributed by atoms with Crippen LogP contribution in [0.5, 0.6) is 0 Å². The minimum atomic E-state index is -0.0564. The van der Waals surface area contributed by atoms with Gasteiger partial charge in [0.05, 0.1) is 13.2 Å². The van der Waals surface area contributed by atoms with Crippen molar-refractivity contribution < 1.29 is 10.2 Å². The fourth-order valence-corrected chi connectivity index (χ4v) is 1.30. The maximum absolute atomic E-state index is 8.88. The number of hydrogen-bond donors (Lipinski definition) is 2. The van der Waals surface area contributed by atoms with Crippen molar-refractivity contribution >= 4 is 5.95 Å². The van der Waals surface area contributed by atoms with Gasteiger partial charge >= 0.3 is 0 Å². The molecule has 16 heavy (non-hydrogen) atoms. The molecule has 0 saturated heterocycles. The topological polar surface area (TPSA) is 93.3 Å². The second kappa shape index (κ2) is 6.00. The summed E-state index contributed by atoms with van der Waals surface area (Å²) in [6, 6.07) is 3.53. The standard InChI is InChI=1S/C10H14N4O2/c1-8-6-9(7-11)13-10(12-8)14(2-4-15)3-5-16/h6,15-16H,2-5H2,1H3. The Kier molecular flexibility index (Phi) is 4.64. The van der Waals surface area contributed by atoms with Crippen LogP contribution in [0, 0.1) is 18.3 Å². The number of hydrogen-bond acceptors (Lipinski definition) is 6. The number of nitriles is 1. The summed E-state index contributed by atoms with van der Waals surface area (Å²) >= 11 is 0. The van der Waals surface area contributed by atoms with E-state index in [0.717, 1.165) is 0 Å². The van der Waals surface area contributed by atoms with Crippen LogP contribution in [0.2, 0.25) is 0 Å². The van der Waals surface area contributed by atoms with Crippen LogP contribution < -0.4 is 4.90 Å². The van der Waals surface area contributed by atoms with Gasteiger partial charge in [0.2, 0.25) is 5.95 Å². The molecule has 0 amide bonds. The molecule has 1 aromatic heterocycles. The highest BCUT2D eigenvalue weighted by Crippen LogP contribution is 2.09. The lowest BCUT2D eigenvalue weighted by Crippen LogP contribution is -2.31. The molecule has 1 aromatic rings. The van der Waals surface area contributed by atoms with Crippen LogP contribution >= 0.6 is 0 Å². The zero-order valence-electron chi connectivity index (χ0n) is 9.09. The van der Waals surface area contributed by atoms with Gasteiger partial charge in [-0.25, -0.2) is 9.97 Å². The Labute approximate surface area is 93.8 Å². The van der Waals surface area contributed by atoms with E-state index in [1.54, 1.807) is 17.9 Å². The van der Waals surface area contributed by atoms with E-state index in [9.17, 15) is 0 Å². The Hall–Kier alpha value is -1.71. The van der Waals surface area contributed by atoms with Crippen LogP contribution in [0.4, 0.5) is 5.95 Å². The number of aliphatic hydroxyl groups is 2. The summed E-state index contributed by atoms with van der Waals surface area (Å²) in [5, 5.41) is 26.5. The molecule has 1 heterocycles. The molecule has 86 valence electrons. The summed E-state index contributed by atoms with van der Waals surface area (Å²) in [6.45, 7) is 2.31. The predicted octanol–water partition coefficient (Wildman–Crippen LogP) is -0.552. The Balaban J connectivity index is 2.99. The first-order valence-corrected chi connectivity index (χ1v) is 4.93. The predicted molar refractivity (Wildman–Crippen MR) is 57.9 cm³/mol. The molecule has 0 bridgehead atoms. The van der Waals surface area contributed by atoms with E-state index in [1.807, 2.05) is 6.07 Å². The lowest BCUT2D eigenvalue weighted by Gasteiger charge is -2.20. The lowest BCUT2D eigenvalue weighted by atomic mass is 10.3. The molecule has 0 aliphatic carbocycles. The van der Waals surface area contributed by atoms with Crippen molar-refractivity contribution in [2.24, 2.45) is 0 Å². The van der Waals surface area contributed by atoms with E-state index in [-0.39, 0.29) is 18.9 Å². The first-order chi connectivity index (χ1) is 7.71. The fraction of sp³-hybridized carbons (Fsp3) is 0.500. The summed E-state index contributed by atoms with van der Waals surface area (Å²) in [4.78, 5) is 9.81. The highest BCUT2D eigenvalue weighted by molar-refractivity contribution is 5.35. The zero-order valence-corrected chi connectivity index (χ0v) is 9.09. The van der Waals surface area contributed by atoms with Crippen molar-refractivity contribution in [1.82, 2.24) is 9.97 Å². The minimum Gasteiger partial charge on any atom is -0.395 e. The molecular weight excluding hydrogens is 208 g/mol. The van der Waals surface area contributed by atoms with E-state index in [1.165, 1.54) is 0 Å². The van der Waals surface area contributed by atoms with Gasteiger partial charge in [-0.05, 0) is 13.0 Å². The maximum atomic E-state index is 8.88. The zero-order chi connectivity index (χ0) is 12.0. The smallest absolute Gasteiger partial charge is 0.226 e. The molecule has 6 heteroatoms. The third kappa shape index (κ3) is 3.15. The molecular formula is C10H14N4O2. The number of anilines is 1. The highest BCUT2D eigenvalue weighted by atomic mass is 16.3. The molecule has 2 N–H and O–H groups in total. The van der Waals surface area contributed by atoms with Crippen LogP contribution in [-0.4, -0.2) is 46.5 Å². The van der Waals surface area contributed by atoms with Crippen LogP contribution in [-0.2, 0) is 0 Å². The quantitative estimate of drug-likeness (QED) is 0.694. The van der Waals surface area contributed by atoms with E-state index in [4.69, 9.17) is 15.5 Å². The fourth-order valence-electron chi connectivity index (χ4n) is 1.30. The Morgan fingerprint density at radius 3 is 2.44 bits per heavy atom.